The van der Waals surface area contributed by atoms with E-state index < -0.39 is 63.1 Å². The van der Waals surface area contributed by atoms with Crippen molar-refractivity contribution < 1.29 is 58.3 Å². The average Bonchev–Trinajstić information content (AvgIpc) is 3.37. The highest BCUT2D eigenvalue weighted by Gasteiger charge is 2.51. The van der Waals surface area contributed by atoms with Crippen LogP contribution in [-0.4, -0.2) is 98.9 Å². The van der Waals surface area contributed by atoms with Gasteiger partial charge in [0.05, 0.1) is 13.2 Å². The smallest absolute Gasteiger partial charge is 0.457 e. The lowest BCUT2D eigenvalue weighted by Crippen LogP contribution is -2.64. The molecule has 13 heteroatoms. The average molecular weight is 1040 g/mol. The van der Waals surface area contributed by atoms with Crippen LogP contribution in [0.4, 0.5) is 0 Å². The van der Waals surface area contributed by atoms with Crippen LogP contribution in [0.5, 0.6) is 0 Å². The van der Waals surface area contributed by atoms with Crippen molar-refractivity contribution in [3.05, 3.63) is 36.5 Å². The first-order chi connectivity index (χ1) is 35.0. The number of ether oxygens (including phenoxy) is 2. The maximum atomic E-state index is 12.9. The molecule has 72 heavy (non-hydrogen) atoms. The Morgan fingerprint density at radius 3 is 1.18 bits per heavy atom. The van der Waals surface area contributed by atoms with Crippen LogP contribution in [0.15, 0.2) is 36.5 Å². The largest absolute Gasteiger partial charge is 0.472 e. The molecule has 0 amide bonds. The van der Waals surface area contributed by atoms with E-state index in [4.69, 9.17) is 18.5 Å². The first-order valence-electron chi connectivity index (χ1n) is 29.8. The molecule has 1 saturated carbocycles. The fourth-order valence-electron chi connectivity index (χ4n) is 9.27. The van der Waals surface area contributed by atoms with Crippen LogP contribution in [0, 0.1) is 0 Å². The highest BCUT2D eigenvalue weighted by atomic mass is 31.2. The summed E-state index contributed by atoms with van der Waals surface area (Å²) in [6, 6.07) is 0. The number of aliphatic hydroxyl groups is 5. The summed E-state index contributed by atoms with van der Waals surface area (Å²) in [4.78, 5) is 23.3. The molecule has 0 spiro atoms. The molecule has 12 nitrogen and oxygen atoms in total. The highest BCUT2D eigenvalue weighted by Crippen LogP contribution is 2.47. The first-order valence-corrected chi connectivity index (χ1v) is 31.3. The molecule has 0 aromatic heterocycles. The summed E-state index contributed by atoms with van der Waals surface area (Å²) in [6.07, 6.45) is 49.3. The summed E-state index contributed by atoms with van der Waals surface area (Å²) >= 11 is 0. The standard InChI is InChI=1S/C59H111O12P/c1-3-5-7-9-11-13-15-17-19-21-23-25-26-27-29-31-33-35-37-39-41-43-45-47-49-68-50-52(51-69-72(66,67)71-59-57(64)55(62)54(61)56(63)58(59)65)70-53(60)48-46-44-42-40-38-36-34-32-30-28-24-22-20-18-16-14-12-10-8-6-4-2/h16,18,21-24,52,54-59,61-65H,3-15,17,19-20,25-51H2,1-2H3,(H,66,67)/b18-16-,23-21-,24-22-. The molecule has 1 aliphatic rings. The number of unbranched alkanes of at least 4 members (excludes halogenated alkanes) is 34. The molecule has 0 bridgehead atoms. The van der Waals surface area contributed by atoms with Crippen LogP contribution < -0.4 is 0 Å². The Morgan fingerprint density at radius 1 is 0.444 bits per heavy atom. The fourth-order valence-corrected chi connectivity index (χ4v) is 10.2. The number of hydrogen-bond donors (Lipinski definition) is 6. The zero-order valence-corrected chi connectivity index (χ0v) is 46.9. The van der Waals surface area contributed by atoms with Crippen molar-refractivity contribution in [2.75, 3.05) is 19.8 Å². The Morgan fingerprint density at radius 2 is 0.778 bits per heavy atom. The lowest BCUT2D eigenvalue weighted by Gasteiger charge is -2.41. The van der Waals surface area contributed by atoms with Crippen LogP contribution in [0.2, 0.25) is 0 Å². The number of esters is 1. The molecule has 1 fully saturated rings. The topological polar surface area (TPSA) is 192 Å². The zero-order chi connectivity index (χ0) is 52.6. The summed E-state index contributed by atoms with van der Waals surface area (Å²) < 4.78 is 34.4. The quantitative estimate of drug-likeness (QED) is 0.0146. The van der Waals surface area contributed by atoms with Crippen LogP contribution >= 0.6 is 7.82 Å². The van der Waals surface area contributed by atoms with Gasteiger partial charge in [-0.3, -0.25) is 13.8 Å². The molecule has 6 N–H and O–H groups in total. The van der Waals surface area contributed by atoms with E-state index in [0.29, 0.717) is 13.0 Å². The van der Waals surface area contributed by atoms with Gasteiger partial charge < -0.3 is 39.9 Å². The Bertz CT molecular complexity index is 1330. The minimum atomic E-state index is -5.03. The van der Waals surface area contributed by atoms with E-state index in [0.717, 1.165) is 51.4 Å². The first kappa shape index (κ1) is 68.6. The highest BCUT2D eigenvalue weighted by molar-refractivity contribution is 7.47. The lowest BCUT2D eigenvalue weighted by molar-refractivity contribution is -0.220. The number of carbonyl (C=O) groups excluding carboxylic acids is 1. The number of aliphatic hydroxyl groups excluding tert-OH is 5. The summed E-state index contributed by atoms with van der Waals surface area (Å²) in [6.45, 7) is 4.30. The second kappa shape index (κ2) is 49.2. The number of carbonyl (C=O) groups is 1. The van der Waals surface area contributed by atoms with Crippen molar-refractivity contribution in [1.82, 2.24) is 0 Å². The minimum absolute atomic E-state index is 0.0764. The van der Waals surface area contributed by atoms with Gasteiger partial charge in [-0.25, -0.2) is 4.57 Å². The summed E-state index contributed by atoms with van der Waals surface area (Å²) in [5.41, 5.74) is 0. The Hall–Kier alpha value is -1.44. The monoisotopic (exact) mass is 1040 g/mol. The third-order valence-corrected chi connectivity index (χ3v) is 15.0. The zero-order valence-electron chi connectivity index (χ0n) is 46.0. The number of phosphoric acid groups is 1. The maximum absolute atomic E-state index is 12.9. The summed E-state index contributed by atoms with van der Waals surface area (Å²) in [5, 5.41) is 50.5. The molecule has 0 heterocycles. The van der Waals surface area contributed by atoms with Crippen molar-refractivity contribution in [3.63, 3.8) is 0 Å². The summed E-state index contributed by atoms with van der Waals surface area (Å²) in [7, 11) is -5.03. The van der Waals surface area contributed by atoms with E-state index in [2.05, 4.69) is 50.3 Å². The fraction of sp³-hybridized carbons (Fsp3) is 0.881. The number of phosphoric ester groups is 1. The Balaban J connectivity index is 2.27. The van der Waals surface area contributed by atoms with Gasteiger partial charge in [0.1, 0.15) is 42.7 Å². The lowest BCUT2D eigenvalue weighted by atomic mass is 9.85. The van der Waals surface area contributed by atoms with Crippen LogP contribution in [0.1, 0.15) is 271 Å². The summed E-state index contributed by atoms with van der Waals surface area (Å²) in [5.74, 6) is -0.477. The molecule has 0 aliphatic heterocycles. The van der Waals surface area contributed by atoms with Gasteiger partial charge in [0.25, 0.3) is 0 Å². The maximum Gasteiger partial charge on any atom is 0.472 e. The van der Waals surface area contributed by atoms with Crippen LogP contribution in [-0.2, 0) is 27.9 Å². The van der Waals surface area contributed by atoms with E-state index in [9.17, 15) is 39.8 Å². The van der Waals surface area contributed by atoms with Crippen molar-refractivity contribution in [1.29, 1.82) is 0 Å². The second-order valence-corrected chi connectivity index (χ2v) is 22.2. The molecule has 6 unspecified atom stereocenters. The van der Waals surface area contributed by atoms with E-state index in [1.165, 1.54) is 193 Å². The van der Waals surface area contributed by atoms with E-state index in [-0.39, 0.29) is 13.0 Å². The third kappa shape index (κ3) is 39.9. The van der Waals surface area contributed by atoms with Gasteiger partial charge in [-0.1, -0.05) is 230 Å². The predicted octanol–water partition coefficient (Wildman–Crippen LogP) is 14.5. The number of hydrogen-bond acceptors (Lipinski definition) is 11. The number of allylic oxidation sites excluding steroid dienone is 6. The van der Waals surface area contributed by atoms with Crippen molar-refractivity contribution in [3.8, 4) is 0 Å². The Kier molecular flexibility index (Phi) is 46.8. The van der Waals surface area contributed by atoms with Gasteiger partial charge in [-0.2, -0.15) is 0 Å². The molecule has 424 valence electrons. The number of rotatable bonds is 52. The minimum Gasteiger partial charge on any atom is -0.457 e. The molecule has 0 aromatic carbocycles. The Labute approximate surface area is 440 Å². The normalized spacial score (nSPS) is 20.8. The van der Waals surface area contributed by atoms with E-state index >= 15 is 0 Å². The predicted molar refractivity (Wildman–Crippen MR) is 295 cm³/mol. The molecule has 1 aliphatic carbocycles. The molecular weight excluding hydrogens is 932 g/mol. The molecular formula is C59H111O12P. The van der Waals surface area contributed by atoms with E-state index in [1.807, 2.05) is 0 Å². The molecule has 6 atom stereocenters. The van der Waals surface area contributed by atoms with Crippen molar-refractivity contribution in [2.24, 2.45) is 0 Å². The van der Waals surface area contributed by atoms with Gasteiger partial charge >= 0.3 is 13.8 Å². The third-order valence-electron chi connectivity index (χ3n) is 14.0. The molecule has 0 saturated heterocycles. The SMILES string of the molecule is CCCCCCC/C=C\C/C=C\CCCCCCCCCCCC(=O)OC(COCCCCCCCCCCCCCC/C=C\CCCCCCCCCC)COP(=O)(O)OC1C(O)C(O)C(O)C(O)C1O. The van der Waals surface area contributed by atoms with Gasteiger partial charge in [-0.05, 0) is 70.6 Å². The van der Waals surface area contributed by atoms with Gasteiger partial charge in [0, 0.05) is 13.0 Å². The van der Waals surface area contributed by atoms with Crippen molar-refractivity contribution >= 4 is 13.8 Å². The van der Waals surface area contributed by atoms with Crippen molar-refractivity contribution in [2.45, 2.75) is 313 Å². The van der Waals surface area contributed by atoms with E-state index in [1.54, 1.807) is 0 Å². The van der Waals surface area contributed by atoms with Gasteiger partial charge in [-0.15, -0.1) is 0 Å². The van der Waals surface area contributed by atoms with Crippen LogP contribution in [0.25, 0.3) is 0 Å². The molecule has 0 aromatic rings. The molecule has 1 rings (SSSR count). The van der Waals surface area contributed by atoms with Crippen LogP contribution in [0.3, 0.4) is 0 Å². The molecule has 0 radical (unpaired) electrons. The second-order valence-electron chi connectivity index (χ2n) is 20.8. The van der Waals surface area contributed by atoms with Gasteiger partial charge in [0.15, 0.2) is 0 Å². The van der Waals surface area contributed by atoms with Gasteiger partial charge in [0.2, 0.25) is 0 Å².